The molecular weight excluding hydrogens is 212 g/mol. The molecule has 5 heteroatoms. The first-order chi connectivity index (χ1) is 7.42. The van der Waals surface area contributed by atoms with Gasteiger partial charge in [-0.25, -0.2) is 0 Å². The summed E-state index contributed by atoms with van der Waals surface area (Å²) in [6, 6.07) is 0. The van der Waals surface area contributed by atoms with Crippen LogP contribution in [-0.2, 0) is 19.1 Å². The summed E-state index contributed by atoms with van der Waals surface area (Å²) in [4.78, 5) is 34.9. The summed E-state index contributed by atoms with van der Waals surface area (Å²) in [7, 11) is 0. The quantitative estimate of drug-likeness (QED) is 0.347. The summed E-state index contributed by atoms with van der Waals surface area (Å²) in [6.07, 6.45) is 0.904. The first-order valence-corrected chi connectivity index (χ1v) is 4.78. The molecular formula is C11H10O5. The van der Waals surface area contributed by atoms with Crippen LogP contribution in [0.3, 0.4) is 0 Å². The van der Waals surface area contributed by atoms with Gasteiger partial charge in [-0.15, -0.1) is 0 Å². The van der Waals surface area contributed by atoms with Crippen molar-refractivity contribution in [2.75, 3.05) is 0 Å². The van der Waals surface area contributed by atoms with E-state index in [-0.39, 0.29) is 5.76 Å². The van der Waals surface area contributed by atoms with Crippen LogP contribution in [0, 0.1) is 11.3 Å². The lowest BCUT2D eigenvalue weighted by atomic mass is 9.65. The van der Waals surface area contributed by atoms with Crippen LogP contribution < -0.4 is 0 Å². The Morgan fingerprint density at radius 1 is 1.44 bits per heavy atom. The number of carbonyl (C=O) groups excluding carboxylic acids is 3. The van der Waals surface area contributed by atoms with Crippen molar-refractivity contribution in [3.63, 3.8) is 0 Å². The van der Waals surface area contributed by atoms with Gasteiger partial charge >= 0.3 is 5.97 Å². The van der Waals surface area contributed by atoms with Crippen LogP contribution in [0.4, 0.5) is 0 Å². The number of allylic oxidation sites excluding steroid dienone is 2. The molecule has 0 radical (unpaired) electrons. The average Bonchev–Trinajstić information content (AvgIpc) is 2.45. The number of hydrogen-bond acceptors (Lipinski definition) is 5. The molecule has 0 saturated carbocycles. The highest BCUT2D eigenvalue weighted by molar-refractivity contribution is 6.21. The van der Waals surface area contributed by atoms with E-state index in [2.05, 4.69) is 11.3 Å². The molecule has 0 aromatic heterocycles. The molecule has 1 spiro atoms. The second kappa shape index (κ2) is 3.12. The smallest absolute Gasteiger partial charge is 0.329 e. The van der Waals surface area contributed by atoms with Gasteiger partial charge in [-0.1, -0.05) is 19.6 Å². The third-order valence-electron chi connectivity index (χ3n) is 3.15. The largest absolute Gasteiger partial charge is 0.422 e. The average molecular weight is 222 g/mol. The lowest BCUT2D eigenvalue weighted by molar-refractivity contribution is -0.161. The van der Waals surface area contributed by atoms with E-state index >= 15 is 0 Å². The maximum Gasteiger partial charge on any atom is 0.329 e. The molecule has 84 valence electrons. The molecule has 2 rings (SSSR count). The molecule has 0 aromatic rings. The zero-order valence-electron chi connectivity index (χ0n) is 8.60. The Labute approximate surface area is 91.4 Å². The predicted molar refractivity (Wildman–Crippen MR) is 52.0 cm³/mol. The lowest BCUT2D eigenvalue weighted by Gasteiger charge is -2.33. The summed E-state index contributed by atoms with van der Waals surface area (Å²) < 4.78 is 4.63. The maximum absolute atomic E-state index is 11.9. The third kappa shape index (κ3) is 1.01. The molecule has 5 nitrogen and oxygen atoms in total. The normalized spacial score (nSPS) is 38.4. The third-order valence-corrected chi connectivity index (χ3v) is 3.15. The number of cyclic esters (lactones) is 1. The van der Waals surface area contributed by atoms with Gasteiger partial charge in [-0.3, -0.25) is 14.4 Å². The molecule has 1 heterocycles. The number of ether oxygens (including phenoxy) is 1. The van der Waals surface area contributed by atoms with E-state index in [1.165, 1.54) is 12.2 Å². The van der Waals surface area contributed by atoms with Gasteiger partial charge in [0.05, 0.1) is 0 Å². The maximum atomic E-state index is 11.9. The highest BCUT2D eigenvalue weighted by atomic mass is 16.6. The van der Waals surface area contributed by atoms with Crippen LogP contribution >= 0.6 is 0 Å². The van der Waals surface area contributed by atoms with Gasteiger partial charge in [-0.2, -0.15) is 0 Å². The second-order valence-electron chi connectivity index (χ2n) is 3.96. The summed E-state index contributed by atoms with van der Waals surface area (Å²) in [5.41, 5.74) is -1.83. The van der Waals surface area contributed by atoms with Crippen LogP contribution in [0.1, 0.15) is 6.92 Å². The van der Waals surface area contributed by atoms with Gasteiger partial charge in [-0.05, 0) is 6.08 Å². The Morgan fingerprint density at radius 2 is 2.06 bits per heavy atom. The van der Waals surface area contributed by atoms with E-state index < -0.39 is 35.0 Å². The molecule has 0 amide bonds. The number of rotatable bonds is 0. The standard InChI is InChI=1S/C11H10O5/c1-5-3-4-7(12)9(14)11(5)8(13)6(2)16-10(11)15/h3-5,9,14H,2H2,1H3/t5-,9+,11-/m0/s1. The monoisotopic (exact) mass is 222 g/mol. The van der Waals surface area contributed by atoms with E-state index in [1.54, 1.807) is 6.92 Å². The molecule has 0 unspecified atom stereocenters. The molecule has 0 bridgehead atoms. The van der Waals surface area contributed by atoms with Crippen molar-refractivity contribution >= 4 is 17.5 Å². The fourth-order valence-corrected chi connectivity index (χ4v) is 2.15. The minimum Gasteiger partial charge on any atom is -0.422 e. The van der Waals surface area contributed by atoms with Crippen molar-refractivity contribution in [3.05, 3.63) is 24.5 Å². The molecule has 1 fully saturated rings. The van der Waals surface area contributed by atoms with Crippen molar-refractivity contribution < 1.29 is 24.2 Å². The summed E-state index contributed by atoms with van der Waals surface area (Å²) in [6.45, 7) is 4.86. The van der Waals surface area contributed by atoms with Gasteiger partial charge in [0.15, 0.2) is 17.0 Å². The first kappa shape index (κ1) is 10.8. The van der Waals surface area contributed by atoms with Gasteiger partial charge < -0.3 is 9.84 Å². The number of aliphatic hydroxyl groups excluding tert-OH is 1. The molecule has 3 atom stereocenters. The second-order valence-corrected chi connectivity index (χ2v) is 3.96. The Bertz CT molecular complexity index is 447. The molecule has 1 aliphatic carbocycles. The number of esters is 1. The van der Waals surface area contributed by atoms with Gasteiger partial charge in [0.25, 0.3) is 0 Å². The zero-order chi connectivity index (χ0) is 12.1. The van der Waals surface area contributed by atoms with Crippen molar-refractivity contribution in [3.8, 4) is 0 Å². The summed E-state index contributed by atoms with van der Waals surface area (Å²) in [5.74, 6) is -3.20. The lowest BCUT2D eigenvalue weighted by Crippen LogP contribution is -2.54. The van der Waals surface area contributed by atoms with Crippen molar-refractivity contribution in [1.82, 2.24) is 0 Å². The molecule has 1 N–H and O–H groups in total. The zero-order valence-corrected chi connectivity index (χ0v) is 8.60. The Balaban J connectivity index is 2.63. The van der Waals surface area contributed by atoms with Crippen molar-refractivity contribution in [1.29, 1.82) is 0 Å². The highest BCUT2D eigenvalue weighted by Gasteiger charge is 2.64. The molecule has 1 aliphatic heterocycles. The fraction of sp³-hybridized carbons (Fsp3) is 0.364. The Morgan fingerprint density at radius 3 is 2.56 bits per heavy atom. The minimum atomic E-state index is -1.83. The molecule has 16 heavy (non-hydrogen) atoms. The number of carbonyl (C=O) groups is 3. The summed E-state index contributed by atoms with van der Waals surface area (Å²) in [5, 5.41) is 9.79. The van der Waals surface area contributed by atoms with Crippen LogP contribution in [0.5, 0.6) is 0 Å². The Kier molecular flexibility index (Phi) is 2.10. The number of hydrogen-bond donors (Lipinski definition) is 1. The van der Waals surface area contributed by atoms with E-state index in [9.17, 15) is 19.5 Å². The van der Waals surface area contributed by atoms with E-state index in [1.807, 2.05) is 0 Å². The van der Waals surface area contributed by atoms with Gasteiger partial charge in [0.2, 0.25) is 5.78 Å². The number of Topliss-reactive ketones (excluding diaryl/α,β-unsaturated/α-hetero) is 1. The molecule has 1 saturated heterocycles. The Hall–Kier alpha value is -1.75. The SMILES string of the molecule is C=C1OC(=O)[C@@]2(C1=O)[C@H](O)C(=O)C=C[C@@H]2C. The summed E-state index contributed by atoms with van der Waals surface area (Å²) >= 11 is 0. The van der Waals surface area contributed by atoms with Crippen LogP contribution in [0.2, 0.25) is 0 Å². The van der Waals surface area contributed by atoms with Crippen molar-refractivity contribution in [2.45, 2.75) is 13.0 Å². The number of aliphatic hydroxyl groups is 1. The highest BCUT2D eigenvalue weighted by Crippen LogP contribution is 2.45. The first-order valence-electron chi connectivity index (χ1n) is 4.78. The van der Waals surface area contributed by atoms with Crippen LogP contribution in [-0.4, -0.2) is 28.7 Å². The number of ketones is 2. The van der Waals surface area contributed by atoms with E-state index in [4.69, 9.17) is 0 Å². The molecule has 2 aliphatic rings. The van der Waals surface area contributed by atoms with Crippen LogP contribution in [0.15, 0.2) is 24.5 Å². The van der Waals surface area contributed by atoms with Crippen molar-refractivity contribution in [2.24, 2.45) is 11.3 Å². The fourth-order valence-electron chi connectivity index (χ4n) is 2.15. The topological polar surface area (TPSA) is 80.7 Å². The molecule has 0 aromatic carbocycles. The van der Waals surface area contributed by atoms with E-state index in [0.717, 1.165) is 0 Å². The van der Waals surface area contributed by atoms with Crippen LogP contribution in [0.25, 0.3) is 0 Å². The van der Waals surface area contributed by atoms with Gasteiger partial charge in [0.1, 0.15) is 6.10 Å². The van der Waals surface area contributed by atoms with E-state index in [0.29, 0.717) is 0 Å². The minimum absolute atomic E-state index is 0.320. The van der Waals surface area contributed by atoms with Gasteiger partial charge in [0, 0.05) is 5.92 Å². The predicted octanol–water partition coefficient (Wildman–Crippen LogP) is -0.252.